The number of hydrogen-bond acceptors (Lipinski definition) is 8. The summed E-state index contributed by atoms with van der Waals surface area (Å²) in [5.41, 5.74) is 2.68. The van der Waals surface area contributed by atoms with E-state index in [1.54, 1.807) is 6.92 Å². The number of nitrogens with zero attached hydrogens (tertiary/aromatic N) is 3. The van der Waals surface area contributed by atoms with Crippen LogP contribution in [0, 0.1) is 17.0 Å². The number of nitro groups is 1. The molecule has 110 valence electrons. The van der Waals surface area contributed by atoms with E-state index < -0.39 is 4.92 Å². The minimum atomic E-state index is -0.548. The molecule has 0 atom stereocenters. The zero-order valence-corrected chi connectivity index (χ0v) is 11.4. The highest BCUT2D eigenvalue weighted by molar-refractivity contribution is 5.52. The predicted molar refractivity (Wildman–Crippen MR) is 74.3 cm³/mol. The number of nitrogens with two attached hydrogens (primary N) is 1. The third kappa shape index (κ3) is 3.15. The highest BCUT2D eigenvalue weighted by atomic mass is 16.6. The van der Waals surface area contributed by atoms with Crippen molar-refractivity contribution in [1.82, 2.24) is 9.97 Å². The Kier molecular flexibility index (Phi) is 4.14. The van der Waals surface area contributed by atoms with Gasteiger partial charge in [0.05, 0.1) is 12.0 Å². The molecule has 9 nitrogen and oxygen atoms in total. The van der Waals surface area contributed by atoms with Crippen LogP contribution in [0.2, 0.25) is 0 Å². The summed E-state index contributed by atoms with van der Waals surface area (Å²) in [6.07, 6.45) is 1.49. The zero-order valence-electron chi connectivity index (χ0n) is 11.4. The van der Waals surface area contributed by atoms with E-state index in [-0.39, 0.29) is 23.3 Å². The zero-order chi connectivity index (χ0) is 15.4. The van der Waals surface area contributed by atoms with E-state index in [1.807, 2.05) is 0 Å². The molecule has 0 aliphatic heterocycles. The Morgan fingerprint density at radius 1 is 1.43 bits per heavy atom. The summed E-state index contributed by atoms with van der Waals surface area (Å²) in [6, 6.07) is 4.19. The first-order chi connectivity index (χ1) is 10.0. The molecule has 1 aromatic carbocycles. The molecule has 0 spiro atoms. The maximum absolute atomic E-state index is 11.0. The maximum Gasteiger partial charge on any atom is 0.311 e. The number of nitro benzene ring substituents is 1. The number of hydrogen-bond donors (Lipinski definition) is 2. The minimum absolute atomic E-state index is 0.0177. The quantitative estimate of drug-likeness (QED) is 0.485. The lowest BCUT2D eigenvalue weighted by molar-refractivity contribution is -0.385. The molecule has 21 heavy (non-hydrogen) atoms. The summed E-state index contributed by atoms with van der Waals surface area (Å²) in [4.78, 5) is 18.4. The second kappa shape index (κ2) is 6.01. The number of nitrogens with one attached hydrogen (secondary N) is 1. The Hall–Kier alpha value is -2.94. The van der Waals surface area contributed by atoms with Gasteiger partial charge in [0.25, 0.3) is 0 Å². The Balaban J connectivity index is 2.44. The summed E-state index contributed by atoms with van der Waals surface area (Å²) in [5.74, 6) is 5.98. The van der Waals surface area contributed by atoms with Crippen molar-refractivity contribution in [3.8, 4) is 17.4 Å². The predicted octanol–water partition coefficient (Wildman–Crippen LogP) is 1.78. The Bertz CT molecular complexity index is 677. The molecule has 1 aromatic heterocycles. The highest BCUT2D eigenvalue weighted by Crippen LogP contribution is 2.35. The van der Waals surface area contributed by atoms with Crippen LogP contribution < -0.4 is 20.7 Å². The molecular weight excluding hydrogens is 278 g/mol. The Morgan fingerprint density at radius 3 is 2.81 bits per heavy atom. The van der Waals surface area contributed by atoms with Crippen LogP contribution in [0.15, 0.2) is 24.4 Å². The molecule has 9 heteroatoms. The summed E-state index contributed by atoms with van der Waals surface area (Å²) < 4.78 is 10.6. The van der Waals surface area contributed by atoms with Crippen LogP contribution in [0.4, 0.5) is 11.6 Å². The van der Waals surface area contributed by atoms with Gasteiger partial charge >= 0.3 is 5.69 Å². The normalized spacial score (nSPS) is 10.0. The van der Waals surface area contributed by atoms with Gasteiger partial charge in [-0.1, -0.05) is 0 Å². The number of anilines is 1. The molecule has 2 rings (SSSR count). The molecular formula is C12H13N5O4. The molecule has 1 heterocycles. The van der Waals surface area contributed by atoms with Crippen LogP contribution in [-0.2, 0) is 0 Å². The fourth-order valence-corrected chi connectivity index (χ4v) is 1.56. The number of aryl methyl sites for hydroxylation is 1. The van der Waals surface area contributed by atoms with Crippen LogP contribution in [0.1, 0.15) is 5.56 Å². The highest BCUT2D eigenvalue weighted by Gasteiger charge is 2.18. The number of ether oxygens (including phenoxy) is 2. The monoisotopic (exact) mass is 291 g/mol. The first-order valence-electron chi connectivity index (χ1n) is 5.85. The van der Waals surface area contributed by atoms with Gasteiger partial charge in [0.2, 0.25) is 17.6 Å². The maximum atomic E-state index is 11.0. The van der Waals surface area contributed by atoms with E-state index in [1.165, 1.54) is 31.5 Å². The van der Waals surface area contributed by atoms with E-state index in [9.17, 15) is 10.1 Å². The number of methoxy groups -OCH3 is 1. The fraction of sp³-hybridized carbons (Fsp3) is 0.167. The molecule has 0 fully saturated rings. The van der Waals surface area contributed by atoms with Crippen molar-refractivity contribution in [1.29, 1.82) is 0 Å². The standard InChI is InChI=1S/C12H13N5O4/c1-7-6-14-12(16-13)15-11(7)21-10-5-8(20-2)3-4-9(10)17(18)19/h3-6H,13H2,1-2H3,(H,14,15,16). The lowest BCUT2D eigenvalue weighted by Crippen LogP contribution is -2.11. The van der Waals surface area contributed by atoms with Gasteiger partial charge in [-0.15, -0.1) is 0 Å². The fourth-order valence-electron chi connectivity index (χ4n) is 1.56. The largest absolute Gasteiger partial charge is 0.497 e. The van der Waals surface area contributed by atoms with E-state index >= 15 is 0 Å². The van der Waals surface area contributed by atoms with E-state index in [0.29, 0.717) is 11.3 Å². The van der Waals surface area contributed by atoms with Gasteiger partial charge in [-0.05, 0) is 13.0 Å². The molecule has 0 bridgehead atoms. The van der Waals surface area contributed by atoms with Crippen LogP contribution in [0.25, 0.3) is 0 Å². The van der Waals surface area contributed by atoms with Gasteiger partial charge in [0.1, 0.15) is 5.75 Å². The molecule has 0 aliphatic rings. The lowest BCUT2D eigenvalue weighted by atomic mass is 10.2. The van der Waals surface area contributed by atoms with Crippen LogP contribution >= 0.6 is 0 Å². The molecule has 0 radical (unpaired) electrons. The van der Waals surface area contributed by atoms with Gasteiger partial charge in [0.15, 0.2) is 0 Å². The molecule has 0 saturated heterocycles. The topological polar surface area (TPSA) is 125 Å². The van der Waals surface area contributed by atoms with Gasteiger partial charge in [-0.25, -0.2) is 10.8 Å². The first kappa shape index (κ1) is 14.5. The average Bonchev–Trinajstić information content (AvgIpc) is 2.49. The van der Waals surface area contributed by atoms with Crippen molar-refractivity contribution in [3.63, 3.8) is 0 Å². The molecule has 0 amide bonds. The molecule has 0 unspecified atom stereocenters. The van der Waals surface area contributed by atoms with E-state index in [2.05, 4.69) is 15.4 Å². The Labute approximate surface area is 119 Å². The third-order valence-corrected chi connectivity index (χ3v) is 2.62. The van der Waals surface area contributed by atoms with Gasteiger partial charge in [-0.2, -0.15) is 4.98 Å². The van der Waals surface area contributed by atoms with Gasteiger partial charge in [-0.3, -0.25) is 15.5 Å². The molecule has 2 aromatic rings. The number of benzene rings is 1. The number of hydrazine groups is 1. The molecule has 0 aliphatic carbocycles. The van der Waals surface area contributed by atoms with Crippen LogP contribution in [-0.4, -0.2) is 22.0 Å². The summed E-state index contributed by atoms with van der Waals surface area (Å²) in [6.45, 7) is 1.71. The second-order valence-corrected chi connectivity index (χ2v) is 4.02. The average molecular weight is 291 g/mol. The van der Waals surface area contributed by atoms with E-state index in [4.69, 9.17) is 15.3 Å². The smallest absolute Gasteiger partial charge is 0.311 e. The lowest BCUT2D eigenvalue weighted by Gasteiger charge is -2.10. The SMILES string of the molecule is COc1ccc([N+](=O)[O-])c(Oc2nc(NN)ncc2C)c1. The first-order valence-corrected chi connectivity index (χ1v) is 5.85. The van der Waals surface area contributed by atoms with Crippen molar-refractivity contribution in [3.05, 3.63) is 40.1 Å². The summed E-state index contributed by atoms with van der Waals surface area (Å²) in [5, 5.41) is 11.0. The number of aromatic nitrogens is 2. The van der Waals surface area contributed by atoms with E-state index in [0.717, 1.165) is 0 Å². The minimum Gasteiger partial charge on any atom is -0.497 e. The van der Waals surface area contributed by atoms with Crippen LogP contribution in [0.5, 0.6) is 17.4 Å². The van der Waals surface area contributed by atoms with Crippen molar-refractivity contribution in [2.75, 3.05) is 12.5 Å². The number of rotatable bonds is 5. The Morgan fingerprint density at radius 2 is 2.19 bits per heavy atom. The number of nitrogen functional groups attached to an aromatic ring is 1. The van der Waals surface area contributed by atoms with Gasteiger partial charge < -0.3 is 9.47 Å². The third-order valence-electron chi connectivity index (χ3n) is 2.62. The summed E-state index contributed by atoms with van der Waals surface area (Å²) >= 11 is 0. The molecule has 0 saturated carbocycles. The van der Waals surface area contributed by atoms with Crippen molar-refractivity contribution >= 4 is 11.6 Å². The van der Waals surface area contributed by atoms with Crippen molar-refractivity contribution in [2.45, 2.75) is 6.92 Å². The van der Waals surface area contributed by atoms with Crippen molar-refractivity contribution in [2.24, 2.45) is 5.84 Å². The second-order valence-electron chi connectivity index (χ2n) is 4.02. The van der Waals surface area contributed by atoms with Gasteiger partial charge in [0, 0.05) is 23.9 Å². The van der Waals surface area contributed by atoms with Crippen LogP contribution in [0.3, 0.4) is 0 Å². The summed E-state index contributed by atoms with van der Waals surface area (Å²) in [7, 11) is 1.46. The molecule has 3 N–H and O–H groups in total. The van der Waals surface area contributed by atoms with Crippen molar-refractivity contribution < 1.29 is 14.4 Å².